The van der Waals surface area contributed by atoms with Gasteiger partial charge in [-0.05, 0) is 30.7 Å². The summed E-state index contributed by atoms with van der Waals surface area (Å²) in [6.45, 7) is 3.86. The number of nitrogens with zero attached hydrogens (tertiary/aromatic N) is 2. The first-order chi connectivity index (χ1) is 16.4. The van der Waals surface area contributed by atoms with E-state index in [4.69, 9.17) is 21.1 Å². The van der Waals surface area contributed by atoms with E-state index in [0.717, 1.165) is 13.1 Å². The number of halogens is 2. The van der Waals surface area contributed by atoms with E-state index in [0.29, 0.717) is 31.9 Å². The summed E-state index contributed by atoms with van der Waals surface area (Å²) in [6.07, 6.45) is 0.590. The number of Topliss-reactive ketones (excluding diaryl/α,β-unsaturated/α-hetero) is 1. The van der Waals surface area contributed by atoms with E-state index in [1.807, 2.05) is 0 Å². The van der Waals surface area contributed by atoms with Crippen LogP contribution in [0.5, 0.6) is 5.75 Å². The average Bonchev–Trinajstić information content (AvgIpc) is 3.09. The molecule has 2 aromatic carbocycles. The summed E-state index contributed by atoms with van der Waals surface area (Å²) in [6, 6.07) is 9.44. The van der Waals surface area contributed by atoms with E-state index in [1.165, 1.54) is 42.3 Å². The fraction of sp³-hybridized carbons (Fsp3) is 0.360. The molecule has 2 saturated heterocycles. The second-order valence-corrected chi connectivity index (χ2v) is 8.58. The largest absolute Gasteiger partial charge is 0.507 e. The summed E-state index contributed by atoms with van der Waals surface area (Å²) in [5.74, 6) is -2.20. The van der Waals surface area contributed by atoms with Gasteiger partial charge in [-0.15, -0.1) is 0 Å². The molecule has 1 atom stereocenters. The van der Waals surface area contributed by atoms with Gasteiger partial charge in [0.05, 0.1) is 37.0 Å². The fourth-order valence-corrected chi connectivity index (χ4v) is 4.65. The maximum atomic E-state index is 14.9. The van der Waals surface area contributed by atoms with Crippen LogP contribution in [0.15, 0.2) is 48.0 Å². The van der Waals surface area contributed by atoms with Crippen LogP contribution in [0.1, 0.15) is 23.6 Å². The zero-order chi connectivity index (χ0) is 24.2. The third kappa shape index (κ3) is 4.80. The van der Waals surface area contributed by atoms with Crippen LogP contribution in [0.3, 0.4) is 0 Å². The number of likely N-dealkylation sites (tertiary alicyclic amines) is 1. The van der Waals surface area contributed by atoms with E-state index in [9.17, 15) is 19.1 Å². The quantitative estimate of drug-likeness (QED) is 0.364. The number of amides is 1. The molecule has 0 bridgehead atoms. The van der Waals surface area contributed by atoms with Gasteiger partial charge in [0.1, 0.15) is 17.3 Å². The second-order valence-electron chi connectivity index (χ2n) is 8.17. The van der Waals surface area contributed by atoms with Crippen LogP contribution in [-0.2, 0) is 14.3 Å². The van der Waals surface area contributed by atoms with Gasteiger partial charge in [-0.2, -0.15) is 0 Å². The Kier molecular flexibility index (Phi) is 7.50. The molecular weight excluding hydrogens is 463 g/mol. The van der Waals surface area contributed by atoms with E-state index in [1.54, 1.807) is 12.1 Å². The van der Waals surface area contributed by atoms with Gasteiger partial charge in [0.15, 0.2) is 0 Å². The van der Waals surface area contributed by atoms with Crippen molar-refractivity contribution in [2.45, 2.75) is 12.5 Å². The summed E-state index contributed by atoms with van der Waals surface area (Å²) in [7, 11) is 1.46. The van der Waals surface area contributed by atoms with Gasteiger partial charge in [-0.25, -0.2) is 4.39 Å². The number of ether oxygens (including phenoxy) is 2. The number of hydrogen-bond acceptors (Lipinski definition) is 6. The van der Waals surface area contributed by atoms with Crippen LogP contribution in [0.4, 0.5) is 4.39 Å². The van der Waals surface area contributed by atoms with Gasteiger partial charge >= 0.3 is 0 Å². The van der Waals surface area contributed by atoms with Gasteiger partial charge in [-0.1, -0.05) is 29.8 Å². The number of aliphatic hydroxyl groups excluding tert-OH is 1. The Hall–Kier alpha value is -2.94. The number of benzene rings is 2. The molecule has 0 aliphatic carbocycles. The molecule has 2 aliphatic heterocycles. The SMILES string of the molecule is COc1ccc(/C(O)=C2\C(=O)C(=O)N(CCCN3CCOCC3)[C@H]2c2ccccc2F)cc1Cl. The van der Waals surface area contributed by atoms with E-state index in [2.05, 4.69) is 4.90 Å². The third-order valence-corrected chi connectivity index (χ3v) is 6.44. The zero-order valence-corrected chi connectivity index (χ0v) is 19.6. The average molecular weight is 489 g/mol. The molecule has 1 N–H and O–H groups in total. The zero-order valence-electron chi connectivity index (χ0n) is 18.8. The van der Waals surface area contributed by atoms with E-state index < -0.39 is 29.3 Å². The van der Waals surface area contributed by atoms with Gasteiger partial charge in [0, 0.05) is 37.3 Å². The molecule has 4 rings (SSSR count). The molecule has 0 unspecified atom stereocenters. The number of carbonyl (C=O) groups excluding carboxylic acids is 2. The highest BCUT2D eigenvalue weighted by atomic mass is 35.5. The van der Waals surface area contributed by atoms with E-state index in [-0.39, 0.29) is 28.3 Å². The van der Waals surface area contributed by atoms with Crippen molar-refractivity contribution in [3.05, 3.63) is 70.0 Å². The maximum Gasteiger partial charge on any atom is 0.295 e. The number of carbonyl (C=O) groups is 2. The first-order valence-corrected chi connectivity index (χ1v) is 11.5. The first kappa shape index (κ1) is 24.2. The molecule has 2 aromatic rings. The van der Waals surface area contributed by atoms with Crippen LogP contribution >= 0.6 is 11.6 Å². The summed E-state index contributed by atoms with van der Waals surface area (Å²) in [5.41, 5.74) is 0.218. The molecule has 9 heteroatoms. The van der Waals surface area contributed by atoms with Crippen LogP contribution in [0.25, 0.3) is 5.76 Å². The highest BCUT2D eigenvalue weighted by Crippen LogP contribution is 2.41. The summed E-state index contributed by atoms with van der Waals surface area (Å²) < 4.78 is 25.4. The van der Waals surface area contributed by atoms with Crippen LogP contribution < -0.4 is 4.74 Å². The van der Waals surface area contributed by atoms with Crippen molar-refractivity contribution in [3.63, 3.8) is 0 Å². The minimum Gasteiger partial charge on any atom is -0.507 e. The van der Waals surface area contributed by atoms with Crippen LogP contribution in [0.2, 0.25) is 5.02 Å². The molecule has 1 amide bonds. The van der Waals surface area contributed by atoms with Crippen molar-refractivity contribution in [1.82, 2.24) is 9.80 Å². The molecule has 0 aromatic heterocycles. The molecule has 2 fully saturated rings. The highest BCUT2D eigenvalue weighted by Gasteiger charge is 2.46. The van der Waals surface area contributed by atoms with Crippen molar-refractivity contribution < 1.29 is 28.6 Å². The monoisotopic (exact) mass is 488 g/mol. The molecule has 0 radical (unpaired) electrons. The number of methoxy groups -OCH3 is 1. The lowest BCUT2D eigenvalue weighted by atomic mass is 9.95. The molecule has 0 spiro atoms. The lowest BCUT2D eigenvalue weighted by molar-refractivity contribution is -0.140. The standard InChI is InChI=1S/C25H26ClFN2O5/c1-33-20-8-7-16(15-18(20)26)23(30)21-22(17-5-2-3-6-19(17)27)29(25(32)24(21)31)10-4-9-28-11-13-34-14-12-28/h2-3,5-8,15,22,30H,4,9-14H2,1H3/b23-21+/t22-/m0/s1. The number of ketones is 1. The van der Waals surface area contributed by atoms with Crippen LogP contribution in [-0.4, -0.2) is 73.1 Å². The van der Waals surface area contributed by atoms with Gasteiger partial charge < -0.3 is 19.5 Å². The van der Waals surface area contributed by atoms with Crippen molar-refractivity contribution in [1.29, 1.82) is 0 Å². The van der Waals surface area contributed by atoms with E-state index >= 15 is 0 Å². The van der Waals surface area contributed by atoms with Crippen molar-refractivity contribution >= 4 is 29.1 Å². The number of rotatable bonds is 7. The normalized spacial score (nSPS) is 20.7. The third-order valence-electron chi connectivity index (χ3n) is 6.14. The van der Waals surface area contributed by atoms with Crippen molar-refractivity contribution in [2.75, 3.05) is 46.5 Å². The Morgan fingerprint density at radius 2 is 1.91 bits per heavy atom. The molecule has 7 nitrogen and oxygen atoms in total. The minimum atomic E-state index is -1.05. The van der Waals surface area contributed by atoms with Gasteiger partial charge in [0.25, 0.3) is 11.7 Å². The van der Waals surface area contributed by atoms with Crippen molar-refractivity contribution in [3.8, 4) is 5.75 Å². The lowest BCUT2D eigenvalue weighted by Gasteiger charge is -2.29. The fourth-order valence-electron chi connectivity index (χ4n) is 4.39. The Labute approximate surface area is 202 Å². The Balaban J connectivity index is 1.70. The lowest BCUT2D eigenvalue weighted by Crippen LogP contribution is -2.39. The molecular formula is C25H26ClFN2O5. The predicted molar refractivity (Wildman–Crippen MR) is 125 cm³/mol. The van der Waals surface area contributed by atoms with Crippen molar-refractivity contribution in [2.24, 2.45) is 0 Å². The summed E-state index contributed by atoms with van der Waals surface area (Å²) >= 11 is 6.20. The number of morpholine rings is 1. The predicted octanol–water partition coefficient (Wildman–Crippen LogP) is 3.63. The summed E-state index contributed by atoms with van der Waals surface area (Å²) in [5, 5.41) is 11.3. The molecule has 180 valence electrons. The maximum absolute atomic E-state index is 14.9. The summed E-state index contributed by atoms with van der Waals surface area (Å²) in [4.78, 5) is 29.7. The Morgan fingerprint density at radius 1 is 1.18 bits per heavy atom. The highest BCUT2D eigenvalue weighted by molar-refractivity contribution is 6.46. The minimum absolute atomic E-state index is 0.147. The molecule has 2 heterocycles. The number of aliphatic hydroxyl groups is 1. The number of hydrogen-bond donors (Lipinski definition) is 1. The molecule has 2 aliphatic rings. The Morgan fingerprint density at radius 3 is 2.59 bits per heavy atom. The molecule has 34 heavy (non-hydrogen) atoms. The molecule has 0 saturated carbocycles. The van der Waals surface area contributed by atoms with Gasteiger partial charge in [-0.3, -0.25) is 14.5 Å². The topological polar surface area (TPSA) is 79.3 Å². The van der Waals surface area contributed by atoms with Gasteiger partial charge in [0.2, 0.25) is 0 Å². The Bertz CT molecular complexity index is 1120. The van der Waals surface area contributed by atoms with Crippen LogP contribution in [0, 0.1) is 5.82 Å². The smallest absolute Gasteiger partial charge is 0.295 e. The first-order valence-electron chi connectivity index (χ1n) is 11.1. The second kappa shape index (κ2) is 10.5.